The summed E-state index contributed by atoms with van der Waals surface area (Å²) in [5.74, 6) is 0.129. The molecular weight excluding hydrogens is 270 g/mol. The summed E-state index contributed by atoms with van der Waals surface area (Å²) >= 11 is 3.19. The normalized spacial score (nSPS) is 10.4. The van der Waals surface area contributed by atoms with E-state index in [4.69, 9.17) is 5.11 Å². The summed E-state index contributed by atoms with van der Waals surface area (Å²) in [6, 6.07) is 0. The van der Waals surface area contributed by atoms with Gasteiger partial charge in [0.1, 0.15) is 0 Å². The summed E-state index contributed by atoms with van der Waals surface area (Å²) in [5.41, 5.74) is 0. The van der Waals surface area contributed by atoms with Gasteiger partial charge in [-0.05, 0) is 12.8 Å². The van der Waals surface area contributed by atoms with E-state index in [9.17, 15) is 4.79 Å². The van der Waals surface area contributed by atoms with Crippen LogP contribution < -0.4 is 0 Å². The Bertz CT molecular complexity index is 176. The highest BCUT2D eigenvalue weighted by molar-refractivity contribution is 9.09. The highest BCUT2D eigenvalue weighted by Crippen LogP contribution is 2.05. The molecule has 0 aromatic rings. The third kappa shape index (κ3) is 8.11. The molecule has 0 saturated carbocycles. The maximum atomic E-state index is 11.5. The fourth-order valence-corrected chi connectivity index (χ4v) is 1.97. The first kappa shape index (κ1) is 15.9. The molecule has 0 aliphatic heterocycles. The first-order valence-electron chi connectivity index (χ1n) is 6.20. The second kappa shape index (κ2) is 11.4. The van der Waals surface area contributed by atoms with Gasteiger partial charge in [-0.1, -0.05) is 48.5 Å². The number of aliphatic hydroxyl groups is 1. The third-order valence-electron chi connectivity index (χ3n) is 2.58. The lowest BCUT2D eigenvalue weighted by Crippen LogP contribution is -2.34. The van der Waals surface area contributed by atoms with Crippen LogP contribution in [0.3, 0.4) is 0 Å². The van der Waals surface area contributed by atoms with E-state index in [0.717, 1.165) is 13.0 Å². The van der Waals surface area contributed by atoms with Crippen LogP contribution in [0.1, 0.15) is 45.4 Å². The van der Waals surface area contributed by atoms with E-state index >= 15 is 0 Å². The Hall–Kier alpha value is -0.0900. The van der Waals surface area contributed by atoms with Crippen LogP contribution in [0.25, 0.3) is 0 Å². The van der Waals surface area contributed by atoms with Gasteiger partial charge in [-0.15, -0.1) is 0 Å². The Morgan fingerprint density at radius 1 is 1.12 bits per heavy atom. The predicted molar refractivity (Wildman–Crippen MR) is 70.8 cm³/mol. The van der Waals surface area contributed by atoms with Crippen molar-refractivity contribution in [1.29, 1.82) is 0 Å². The third-order valence-corrected chi connectivity index (χ3v) is 3.06. The zero-order valence-electron chi connectivity index (χ0n) is 10.3. The highest BCUT2D eigenvalue weighted by Gasteiger charge is 2.10. The van der Waals surface area contributed by atoms with Crippen LogP contribution in [-0.2, 0) is 4.79 Å². The molecule has 0 aromatic heterocycles. The molecule has 0 radical (unpaired) electrons. The van der Waals surface area contributed by atoms with Crippen LogP contribution in [0.2, 0.25) is 0 Å². The molecule has 16 heavy (non-hydrogen) atoms. The van der Waals surface area contributed by atoms with Crippen LogP contribution in [0.15, 0.2) is 0 Å². The Morgan fingerprint density at radius 2 is 1.75 bits per heavy atom. The SMILES string of the molecule is CCCCCCCN(CCCO)C(=O)CBr. The Kier molecular flexibility index (Phi) is 11.3. The number of hydrogen-bond acceptors (Lipinski definition) is 2. The molecule has 96 valence electrons. The van der Waals surface area contributed by atoms with Gasteiger partial charge in [0.2, 0.25) is 5.91 Å². The number of nitrogens with zero attached hydrogens (tertiary/aromatic N) is 1. The van der Waals surface area contributed by atoms with Crippen LogP contribution >= 0.6 is 15.9 Å². The second-order valence-electron chi connectivity index (χ2n) is 4.01. The molecule has 0 aliphatic carbocycles. The minimum absolute atomic E-state index is 0.129. The van der Waals surface area contributed by atoms with Crippen molar-refractivity contribution in [3.8, 4) is 0 Å². The fourth-order valence-electron chi connectivity index (χ4n) is 1.61. The van der Waals surface area contributed by atoms with E-state index in [2.05, 4.69) is 22.9 Å². The van der Waals surface area contributed by atoms with E-state index in [0.29, 0.717) is 18.3 Å². The van der Waals surface area contributed by atoms with Gasteiger partial charge in [-0.25, -0.2) is 0 Å². The van der Waals surface area contributed by atoms with Crippen molar-refractivity contribution >= 4 is 21.8 Å². The minimum atomic E-state index is 0.129. The topological polar surface area (TPSA) is 40.5 Å². The molecule has 0 aliphatic rings. The monoisotopic (exact) mass is 293 g/mol. The standard InChI is InChI=1S/C12H24BrNO2/c1-2-3-4-5-6-8-14(9-7-10-15)12(16)11-13/h15H,2-11H2,1H3. The van der Waals surface area contributed by atoms with E-state index in [1.165, 1.54) is 25.7 Å². The van der Waals surface area contributed by atoms with Gasteiger partial charge in [0, 0.05) is 19.7 Å². The summed E-state index contributed by atoms with van der Waals surface area (Å²) in [6.07, 6.45) is 6.72. The zero-order valence-corrected chi connectivity index (χ0v) is 11.8. The summed E-state index contributed by atoms with van der Waals surface area (Å²) < 4.78 is 0. The number of hydrogen-bond donors (Lipinski definition) is 1. The van der Waals surface area contributed by atoms with Crippen molar-refractivity contribution < 1.29 is 9.90 Å². The highest BCUT2D eigenvalue weighted by atomic mass is 79.9. The lowest BCUT2D eigenvalue weighted by molar-refractivity contribution is -0.128. The molecule has 0 rings (SSSR count). The number of rotatable bonds is 10. The first-order valence-corrected chi connectivity index (χ1v) is 7.33. The van der Waals surface area contributed by atoms with Crippen molar-refractivity contribution in [2.75, 3.05) is 25.0 Å². The average Bonchev–Trinajstić information content (AvgIpc) is 2.31. The van der Waals surface area contributed by atoms with Crippen molar-refractivity contribution in [3.63, 3.8) is 0 Å². The predicted octanol–water partition coefficient (Wildman–Crippen LogP) is 2.56. The minimum Gasteiger partial charge on any atom is -0.396 e. The van der Waals surface area contributed by atoms with Gasteiger partial charge in [0.25, 0.3) is 0 Å². The quantitative estimate of drug-likeness (QED) is 0.497. The van der Waals surface area contributed by atoms with Gasteiger partial charge in [-0.3, -0.25) is 4.79 Å². The number of halogens is 1. The fraction of sp³-hybridized carbons (Fsp3) is 0.917. The second-order valence-corrected chi connectivity index (χ2v) is 4.57. The zero-order chi connectivity index (χ0) is 12.2. The molecule has 0 saturated heterocycles. The Morgan fingerprint density at radius 3 is 2.31 bits per heavy atom. The molecule has 0 bridgehead atoms. The number of amides is 1. The molecule has 0 heterocycles. The van der Waals surface area contributed by atoms with Crippen molar-refractivity contribution in [1.82, 2.24) is 4.90 Å². The van der Waals surface area contributed by atoms with Gasteiger partial charge in [0.05, 0.1) is 5.33 Å². The Balaban J connectivity index is 3.69. The largest absolute Gasteiger partial charge is 0.396 e. The van der Waals surface area contributed by atoms with Crippen molar-refractivity contribution in [2.45, 2.75) is 45.4 Å². The molecule has 1 N–H and O–H groups in total. The van der Waals surface area contributed by atoms with Gasteiger partial charge in [-0.2, -0.15) is 0 Å². The van der Waals surface area contributed by atoms with Crippen LogP contribution in [0, 0.1) is 0 Å². The van der Waals surface area contributed by atoms with E-state index in [1.807, 2.05) is 4.90 Å². The van der Waals surface area contributed by atoms with Gasteiger partial charge < -0.3 is 10.0 Å². The number of alkyl halides is 1. The average molecular weight is 294 g/mol. The lowest BCUT2D eigenvalue weighted by atomic mass is 10.1. The molecular formula is C12H24BrNO2. The summed E-state index contributed by atoms with van der Waals surface area (Å²) in [4.78, 5) is 13.4. The summed E-state index contributed by atoms with van der Waals surface area (Å²) in [7, 11) is 0. The van der Waals surface area contributed by atoms with Crippen LogP contribution in [0.4, 0.5) is 0 Å². The van der Waals surface area contributed by atoms with Crippen molar-refractivity contribution in [3.05, 3.63) is 0 Å². The Labute approximate surface area is 107 Å². The molecule has 0 unspecified atom stereocenters. The molecule has 0 atom stereocenters. The van der Waals surface area contributed by atoms with Gasteiger partial charge in [0.15, 0.2) is 0 Å². The molecule has 4 heteroatoms. The van der Waals surface area contributed by atoms with E-state index in [-0.39, 0.29) is 12.5 Å². The summed E-state index contributed by atoms with van der Waals surface area (Å²) in [5, 5.41) is 9.14. The molecule has 0 spiro atoms. The molecule has 3 nitrogen and oxygen atoms in total. The molecule has 1 amide bonds. The molecule has 0 fully saturated rings. The number of aliphatic hydroxyl groups excluding tert-OH is 1. The first-order chi connectivity index (χ1) is 7.76. The van der Waals surface area contributed by atoms with Crippen LogP contribution in [-0.4, -0.2) is 40.9 Å². The number of unbranched alkanes of at least 4 members (excludes halogenated alkanes) is 4. The molecule has 0 aromatic carbocycles. The number of carbonyl (C=O) groups excluding carboxylic acids is 1. The van der Waals surface area contributed by atoms with E-state index < -0.39 is 0 Å². The van der Waals surface area contributed by atoms with Crippen LogP contribution in [0.5, 0.6) is 0 Å². The van der Waals surface area contributed by atoms with E-state index in [1.54, 1.807) is 0 Å². The lowest BCUT2D eigenvalue weighted by Gasteiger charge is -2.21. The maximum Gasteiger partial charge on any atom is 0.233 e. The summed E-state index contributed by atoms with van der Waals surface area (Å²) in [6.45, 7) is 3.85. The maximum absolute atomic E-state index is 11.5. The smallest absolute Gasteiger partial charge is 0.233 e. The van der Waals surface area contributed by atoms with Gasteiger partial charge >= 0.3 is 0 Å². The van der Waals surface area contributed by atoms with Crippen molar-refractivity contribution in [2.24, 2.45) is 0 Å². The number of carbonyl (C=O) groups is 1.